The highest BCUT2D eigenvalue weighted by molar-refractivity contribution is 6.07. The van der Waals surface area contributed by atoms with Crippen LogP contribution in [0.1, 0.15) is 60.0 Å². The van der Waals surface area contributed by atoms with Gasteiger partial charge >= 0.3 is 0 Å². The highest BCUT2D eigenvalue weighted by Gasteiger charge is 2.36. The summed E-state index contributed by atoms with van der Waals surface area (Å²) in [6, 6.07) is 15.1. The Morgan fingerprint density at radius 2 is 1.79 bits per heavy atom. The third-order valence-corrected chi connectivity index (χ3v) is 5.83. The molecule has 1 saturated carbocycles. The molecule has 1 atom stereocenters. The number of hydrogen-bond acceptors (Lipinski definition) is 5. The number of carbonyl (C=O) groups excluding carboxylic acids is 3. The fourth-order valence-corrected chi connectivity index (χ4v) is 3.76. The van der Waals surface area contributed by atoms with E-state index in [1.165, 1.54) is 4.68 Å². The Hall–Kier alpha value is -3.99. The monoisotopic (exact) mass is 457 g/mol. The number of Topliss-reactive ketones (excluding diaryl/α,β-unsaturated/α-hetero) is 1. The SMILES string of the molecule is CC(C)(C)[C@H](NC(=O)c1nn(CC(=O)c2ccc(C#N)cc2)c2ccccc12)C(=O)NC1CC1. The number of para-hydroxylation sites is 1. The molecule has 8 heteroatoms. The molecule has 0 bridgehead atoms. The topological polar surface area (TPSA) is 117 Å². The summed E-state index contributed by atoms with van der Waals surface area (Å²) in [4.78, 5) is 38.9. The van der Waals surface area contributed by atoms with Crippen molar-refractivity contribution in [2.24, 2.45) is 5.41 Å². The van der Waals surface area contributed by atoms with Gasteiger partial charge in [0.05, 0.1) is 17.1 Å². The van der Waals surface area contributed by atoms with Crippen LogP contribution in [0.25, 0.3) is 10.9 Å². The number of nitriles is 1. The van der Waals surface area contributed by atoms with Gasteiger partial charge in [0.15, 0.2) is 11.5 Å². The zero-order chi connectivity index (χ0) is 24.5. The second kappa shape index (κ2) is 9.10. The molecule has 4 rings (SSSR count). The molecule has 1 heterocycles. The van der Waals surface area contributed by atoms with E-state index in [1.807, 2.05) is 32.9 Å². The van der Waals surface area contributed by atoms with Crippen molar-refractivity contribution in [1.29, 1.82) is 5.26 Å². The Kier molecular flexibility index (Phi) is 6.20. The van der Waals surface area contributed by atoms with Crippen LogP contribution in [0.2, 0.25) is 0 Å². The first-order valence-electron chi connectivity index (χ1n) is 11.3. The number of fused-ring (bicyclic) bond motifs is 1. The summed E-state index contributed by atoms with van der Waals surface area (Å²) in [7, 11) is 0. The Morgan fingerprint density at radius 3 is 2.41 bits per heavy atom. The zero-order valence-corrected chi connectivity index (χ0v) is 19.5. The van der Waals surface area contributed by atoms with Crippen molar-refractivity contribution in [2.45, 2.75) is 52.2 Å². The number of hydrogen-bond donors (Lipinski definition) is 2. The van der Waals surface area contributed by atoms with Gasteiger partial charge in [0.25, 0.3) is 5.91 Å². The molecular formula is C26H27N5O3. The van der Waals surface area contributed by atoms with Crippen molar-refractivity contribution in [3.63, 3.8) is 0 Å². The number of nitrogens with zero attached hydrogens (tertiary/aromatic N) is 3. The van der Waals surface area contributed by atoms with E-state index < -0.39 is 17.4 Å². The van der Waals surface area contributed by atoms with Gasteiger partial charge in [0.1, 0.15) is 12.6 Å². The van der Waals surface area contributed by atoms with E-state index in [0.29, 0.717) is 22.0 Å². The summed E-state index contributed by atoms with van der Waals surface area (Å²) in [5.74, 6) is -0.865. The van der Waals surface area contributed by atoms with E-state index in [4.69, 9.17) is 5.26 Å². The van der Waals surface area contributed by atoms with Gasteiger partial charge in [-0.1, -0.05) is 51.1 Å². The Morgan fingerprint density at radius 1 is 1.12 bits per heavy atom. The standard InChI is InChI=1S/C26H27N5O3/c1-26(2,3)23(25(34)28-18-12-13-18)29-24(33)22-19-6-4-5-7-20(19)31(30-22)15-21(32)17-10-8-16(14-27)9-11-17/h4-11,18,23H,12-13,15H2,1-3H3,(H,28,34)(H,29,33)/t23-/m1/s1. The van der Waals surface area contributed by atoms with Gasteiger partial charge < -0.3 is 10.6 Å². The second-order valence-corrected chi connectivity index (χ2v) is 9.69. The van der Waals surface area contributed by atoms with E-state index in [1.54, 1.807) is 42.5 Å². The van der Waals surface area contributed by atoms with Crippen LogP contribution in [0.4, 0.5) is 0 Å². The minimum absolute atomic E-state index is 0.0649. The van der Waals surface area contributed by atoms with E-state index >= 15 is 0 Å². The molecule has 3 aromatic rings. The average Bonchev–Trinajstić information content (AvgIpc) is 3.55. The Labute approximate surface area is 197 Å². The van der Waals surface area contributed by atoms with Gasteiger partial charge in [0.2, 0.25) is 5.91 Å². The lowest BCUT2D eigenvalue weighted by atomic mass is 9.86. The number of rotatable bonds is 7. The summed E-state index contributed by atoms with van der Waals surface area (Å²) < 4.78 is 1.50. The molecule has 2 aromatic carbocycles. The first-order valence-corrected chi connectivity index (χ1v) is 11.3. The van der Waals surface area contributed by atoms with Gasteiger partial charge in [-0.05, 0) is 36.5 Å². The molecule has 1 fully saturated rings. The van der Waals surface area contributed by atoms with E-state index in [-0.39, 0.29) is 30.0 Å². The molecule has 2 N–H and O–H groups in total. The van der Waals surface area contributed by atoms with Gasteiger partial charge in [-0.15, -0.1) is 0 Å². The zero-order valence-electron chi connectivity index (χ0n) is 19.5. The first kappa shape index (κ1) is 23.2. The van der Waals surface area contributed by atoms with E-state index in [0.717, 1.165) is 12.8 Å². The number of benzene rings is 2. The lowest BCUT2D eigenvalue weighted by molar-refractivity contribution is -0.125. The molecule has 0 aliphatic heterocycles. The lowest BCUT2D eigenvalue weighted by Gasteiger charge is -2.30. The summed E-state index contributed by atoms with van der Waals surface area (Å²) in [6.07, 6.45) is 1.91. The Bertz CT molecular complexity index is 1290. The van der Waals surface area contributed by atoms with Crippen molar-refractivity contribution in [3.8, 4) is 6.07 Å². The normalized spacial score (nSPS) is 14.3. The highest BCUT2D eigenvalue weighted by Crippen LogP contribution is 2.25. The molecule has 8 nitrogen and oxygen atoms in total. The summed E-state index contributed by atoms with van der Waals surface area (Å²) in [5.41, 5.74) is 1.23. The quantitative estimate of drug-likeness (QED) is 0.529. The molecule has 1 aliphatic carbocycles. The summed E-state index contributed by atoms with van der Waals surface area (Å²) in [5, 5.41) is 19.8. The number of carbonyl (C=O) groups is 3. The maximum Gasteiger partial charge on any atom is 0.273 e. The average molecular weight is 458 g/mol. The van der Waals surface area contributed by atoms with E-state index in [2.05, 4.69) is 15.7 Å². The fraction of sp³-hybridized carbons (Fsp3) is 0.346. The van der Waals surface area contributed by atoms with Gasteiger partial charge in [-0.25, -0.2) is 0 Å². The van der Waals surface area contributed by atoms with Gasteiger partial charge in [-0.3, -0.25) is 19.1 Å². The van der Waals surface area contributed by atoms with Crippen LogP contribution in [0.5, 0.6) is 0 Å². The van der Waals surface area contributed by atoms with Crippen LogP contribution in [-0.2, 0) is 11.3 Å². The minimum Gasteiger partial charge on any atom is -0.352 e. The number of aromatic nitrogens is 2. The molecule has 2 amide bonds. The molecule has 0 unspecified atom stereocenters. The van der Waals surface area contributed by atoms with Crippen LogP contribution >= 0.6 is 0 Å². The predicted octanol–water partition coefficient (Wildman–Crippen LogP) is 3.21. The van der Waals surface area contributed by atoms with Gasteiger partial charge in [-0.2, -0.15) is 10.4 Å². The predicted molar refractivity (Wildman–Crippen MR) is 127 cm³/mol. The van der Waals surface area contributed by atoms with Crippen LogP contribution in [0, 0.1) is 16.7 Å². The third kappa shape index (κ3) is 4.99. The third-order valence-electron chi connectivity index (χ3n) is 5.83. The fourth-order valence-electron chi connectivity index (χ4n) is 3.76. The molecule has 1 aliphatic rings. The lowest BCUT2D eigenvalue weighted by Crippen LogP contribution is -2.54. The molecule has 174 valence electrons. The largest absolute Gasteiger partial charge is 0.352 e. The second-order valence-electron chi connectivity index (χ2n) is 9.69. The smallest absolute Gasteiger partial charge is 0.273 e. The molecule has 0 saturated heterocycles. The van der Waals surface area contributed by atoms with Crippen molar-refractivity contribution < 1.29 is 14.4 Å². The van der Waals surface area contributed by atoms with Crippen LogP contribution in [-0.4, -0.2) is 39.5 Å². The number of ketones is 1. The van der Waals surface area contributed by atoms with Crippen LogP contribution in [0.15, 0.2) is 48.5 Å². The molecular weight excluding hydrogens is 430 g/mol. The van der Waals surface area contributed by atoms with Gasteiger partial charge in [0, 0.05) is 17.0 Å². The minimum atomic E-state index is -0.732. The summed E-state index contributed by atoms with van der Waals surface area (Å²) in [6.45, 7) is 5.64. The maximum absolute atomic E-state index is 13.3. The van der Waals surface area contributed by atoms with Crippen LogP contribution < -0.4 is 10.6 Å². The highest BCUT2D eigenvalue weighted by atomic mass is 16.2. The maximum atomic E-state index is 13.3. The van der Waals surface area contributed by atoms with Crippen molar-refractivity contribution in [3.05, 3.63) is 65.4 Å². The molecule has 0 radical (unpaired) electrons. The van der Waals surface area contributed by atoms with Crippen LogP contribution in [0.3, 0.4) is 0 Å². The van der Waals surface area contributed by atoms with Crippen molar-refractivity contribution in [2.75, 3.05) is 0 Å². The Balaban J connectivity index is 1.60. The van der Waals surface area contributed by atoms with E-state index in [9.17, 15) is 14.4 Å². The number of amides is 2. The first-order chi connectivity index (χ1) is 16.2. The number of nitrogens with one attached hydrogen (secondary N) is 2. The van der Waals surface area contributed by atoms with Crippen molar-refractivity contribution >= 4 is 28.5 Å². The molecule has 34 heavy (non-hydrogen) atoms. The molecule has 0 spiro atoms. The summed E-state index contributed by atoms with van der Waals surface area (Å²) >= 11 is 0. The molecule has 1 aromatic heterocycles. The van der Waals surface area contributed by atoms with Crippen molar-refractivity contribution in [1.82, 2.24) is 20.4 Å².